The number of halogens is 1. The molecule has 0 aliphatic carbocycles. The predicted octanol–water partition coefficient (Wildman–Crippen LogP) is 3.30. The lowest BCUT2D eigenvalue weighted by molar-refractivity contribution is -0.384. The number of fused-ring (bicyclic) bond motifs is 7. The largest absolute Gasteiger partial charge is 0.324 e. The topological polar surface area (TPSA) is 113 Å². The van der Waals surface area contributed by atoms with Crippen molar-refractivity contribution in [3.05, 3.63) is 62.2 Å². The first-order valence-corrected chi connectivity index (χ1v) is 11.6. The van der Waals surface area contributed by atoms with Gasteiger partial charge in [-0.15, -0.1) is 0 Å². The van der Waals surface area contributed by atoms with Crippen molar-refractivity contribution < 1.29 is 19.3 Å². The van der Waals surface area contributed by atoms with Crippen molar-refractivity contribution in [1.82, 2.24) is 4.90 Å². The molecule has 9 nitrogen and oxygen atoms in total. The fourth-order valence-corrected chi connectivity index (χ4v) is 6.88. The zero-order valence-electron chi connectivity index (χ0n) is 18.5. The molecule has 0 bridgehead atoms. The van der Waals surface area contributed by atoms with Crippen molar-refractivity contribution in [2.75, 3.05) is 16.8 Å². The van der Waals surface area contributed by atoms with Gasteiger partial charge in [-0.1, -0.05) is 29.3 Å². The van der Waals surface area contributed by atoms with Gasteiger partial charge < -0.3 is 5.32 Å². The first-order chi connectivity index (χ1) is 16.2. The van der Waals surface area contributed by atoms with Crippen LogP contribution in [0.4, 0.5) is 17.1 Å². The molecule has 0 aromatic heterocycles. The number of hydrogen-bond acceptors (Lipinski definition) is 6. The number of benzene rings is 2. The predicted molar refractivity (Wildman–Crippen MR) is 124 cm³/mol. The van der Waals surface area contributed by atoms with E-state index in [0.717, 1.165) is 34.1 Å². The first kappa shape index (κ1) is 21.2. The van der Waals surface area contributed by atoms with Crippen LogP contribution in [0.2, 0.25) is 5.02 Å². The summed E-state index contributed by atoms with van der Waals surface area (Å²) in [5, 5.41) is 14.3. The molecule has 3 amide bonds. The summed E-state index contributed by atoms with van der Waals surface area (Å²) >= 11 is 5.95. The van der Waals surface area contributed by atoms with Gasteiger partial charge in [0.1, 0.15) is 10.6 Å². The van der Waals surface area contributed by atoms with E-state index >= 15 is 0 Å². The number of amides is 3. The number of nitro benzene ring substituents is 1. The normalized spacial score (nSPS) is 29.6. The molecule has 4 atom stereocenters. The minimum absolute atomic E-state index is 0.0819. The first-order valence-electron chi connectivity index (χ1n) is 11.2. The van der Waals surface area contributed by atoms with Crippen molar-refractivity contribution in [2.45, 2.75) is 38.3 Å². The SMILES string of the molecule is Cc1cc(C)c2c(c1)[C@@]1(C(=O)N2)[C@H]2C(=O)N(c3ccc(Cl)c([N+](=O)[O-])c3)C(=O)[C@@H]2[C@H]2CCCN21. The van der Waals surface area contributed by atoms with E-state index in [4.69, 9.17) is 11.6 Å². The lowest BCUT2D eigenvalue weighted by Gasteiger charge is -2.36. The van der Waals surface area contributed by atoms with E-state index in [9.17, 15) is 24.5 Å². The molecule has 3 saturated heterocycles. The van der Waals surface area contributed by atoms with Crippen LogP contribution >= 0.6 is 11.6 Å². The minimum atomic E-state index is -1.28. The molecule has 1 spiro atoms. The van der Waals surface area contributed by atoms with Crippen molar-refractivity contribution in [3.8, 4) is 0 Å². The average Bonchev–Trinajstić information content (AvgIpc) is 3.48. The lowest BCUT2D eigenvalue weighted by Crippen LogP contribution is -2.54. The van der Waals surface area contributed by atoms with Gasteiger partial charge in [-0.05, 0) is 50.9 Å². The highest BCUT2D eigenvalue weighted by molar-refractivity contribution is 6.33. The second-order valence-corrected chi connectivity index (χ2v) is 9.94. The molecular weight excluding hydrogens is 460 g/mol. The summed E-state index contributed by atoms with van der Waals surface area (Å²) in [5.74, 6) is -2.85. The number of carbonyl (C=O) groups excluding carboxylic acids is 3. The molecule has 174 valence electrons. The van der Waals surface area contributed by atoms with E-state index in [2.05, 4.69) is 10.2 Å². The number of hydrogen-bond donors (Lipinski definition) is 1. The van der Waals surface area contributed by atoms with Gasteiger partial charge >= 0.3 is 0 Å². The quantitative estimate of drug-likeness (QED) is 0.401. The van der Waals surface area contributed by atoms with E-state index in [1.807, 2.05) is 26.0 Å². The maximum atomic E-state index is 14.0. The van der Waals surface area contributed by atoms with Gasteiger partial charge in [-0.2, -0.15) is 0 Å². The van der Waals surface area contributed by atoms with Gasteiger partial charge in [0.05, 0.1) is 22.4 Å². The lowest BCUT2D eigenvalue weighted by atomic mass is 9.75. The summed E-state index contributed by atoms with van der Waals surface area (Å²) in [4.78, 5) is 55.3. The van der Waals surface area contributed by atoms with Crippen LogP contribution in [-0.2, 0) is 19.9 Å². The Morgan fingerprint density at radius 3 is 2.65 bits per heavy atom. The highest BCUT2D eigenvalue weighted by atomic mass is 35.5. The number of nitrogens with zero attached hydrogens (tertiary/aromatic N) is 3. The van der Waals surface area contributed by atoms with Crippen molar-refractivity contribution in [1.29, 1.82) is 0 Å². The van der Waals surface area contributed by atoms with Gasteiger partial charge in [0.25, 0.3) is 5.69 Å². The second kappa shape index (κ2) is 6.86. The van der Waals surface area contributed by atoms with E-state index in [1.165, 1.54) is 12.1 Å². The van der Waals surface area contributed by atoms with Crippen LogP contribution in [0.15, 0.2) is 30.3 Å². The van der Waals surface area contributed by atoms with E-state index in [-0.39, 0.29) is 28.3 Å². The number of aryl methyl sites for hydroxylation is 2. The Morgan fingerprint density at radius 1 is 1.15 bits per heavy atom. The smallest absolute Gasteiger partial charge is 0.289 e. The number of imide groups is 1. The Bertz CT molecular complexity index is 1340. The van der Waals surface area contributed by atoms with E-state index in [0.29, 0.717) is 18.7 Å². The fraction of sp³-hybridized carbons (Fsp3) is 0.375. The number of anilines is 2. The molecule has 3 fully saturated rings. The molecule has 0 radical (unpaired) electrons. The Labute approximate surface area is 199 Å². The highest BCUT2D eigenvalue weighted by Crippen LogP contribution is 2.61. The summed E-state index contributed by atoms with van der Waals surface area (Å²) in [5.41, 5.74) is 1.73. The van der Waals surface area contributed by atoms with E-state index < -0.39 is 34.1 Å². The molecular formula is C24H21ClN4O5. The van der Waals surface area contributed by atoms with Crippen molar-refractivity contribution >= 4 is 46.4 Å². The standard InChI is InChI=1S/C24H21ClN4O5/c1-11-8-12(2)20-14(9-11)24(23(32)26-20)19-18(16-4-3-7-27(16)24)21(30)28(22(19)31)13-5-6-15(25)17(10-13)29(33)34/h5-6,8-10,16,18-19H,3-4,7H2,1-2H3,(H,26,32)/t16-,18-,19-,24+/m1/s1. The second-order valence-electron chi connectivity index (χ2n) is 9.54. The fourth-order valence-electron chi connectivity index (χ4n) is 6.69. The van der Waals surface area contributed by atoms with Crippen molar-refractivity contribution in [2.24, 2.45) is 11.8 Å². The van der Waals surface area contributed by atoms with Gasteiger partial charge in [-0.25, -0.2) is 4.90 Å². The number of nitro groups is 1. The van der Waals surface area contributed by atoms with Crippen LogP contribution < -0.4 is 10.2 Å². The summed E-state index contributed by atoms with van der Waals surface area (Å²) in [6.07, 6.45) is 1.51. The van der Waals surface area contributed by atoms with Gasteiger partial charge in [0.2, 0.25) is 17.7 Å². The van der Waals surface area contributed by atoms with E-state index in [1.54, 1.807) is 0 Å². The maximum absolute atomic E-state index is 14.0. The Morgan fingerprint density at radius 2 is 1.91 bits per heavy atom. The Balaban J connectivity index is 1.55. The van der Waals surface area contributed by atoms with Gasteiger partial charge in [0, 0.05) is 23.4 Å². The number of nitrogens with one attached hydrogen (secondary N) is 1. The van der Waals surface area contributed by atoms with Crippen LogP contribution in [0.5, 0.6) is 0 Å². The average molecular weight is 481 g/mol. The van der Waals surface area contributed by atoms with Crippen molar-refractivity contribution in [3.63, 3.8) is 0 Å². The summed E-state index contributed by atoms with van der Waals surface area (Å²) in [6.45, 7) is 4.47. The molecule has 1 N–H and O–H groups in total. The summed E-state index contributed by atoms with van der Waals surface area (Å²) in [6, 6.07) is 7.55. The summed E-state index contributed by atoms with van der Waals surface area (Å²) < 4.78 is 0. The Kier molecular flexibility index (Phi) is 4.29. The number of rotatable bonds is 2. The van der Waals surface area contributed by atoms with Crippen LogP contribution in [-0.4, -0.2) is 40.1 Å². The monoisotopic (exact) mass is 480 g/mol. The molecule has 4 aliphatic rings. The van der Waals surface area contributed by atoms with Crippen LogP contribution in [0, 0.1) is 35.8 Å². The molecule has 6 rings (SSSR count). The molecule has 2 aromatic carbocycles. The highest BCUT2D eigenvalue weighted by Gasteiger charge is 2.74. The maximum Gasteiger partial charge on any atom is 0.289 e. The van der Waals surface area contributed by atoms with Gasteiger partial charge in [0.15, 0.2) is 0 Å². The zero-order chi connectivity index (χ0) is 24.1. The van der Waals surface area contributed by atoms with Crippen LogP contribution in [0.1, 0.15) is 29.5 Å². The minimum Gasteiger partial charge on any atom is -0.324 e. The molecule has 4 aliphatic heterocycles. The zero-order valence-corrected chi connectivity index (χ0v) is 19.3. The van der Waals surface area contributed by atoms with Crippen LogP contribution in [0.25, 0.3) is 0 Å². The third kappa shape index (κ3) is 2.40. The molecule has 2 aromatic rings. The summed E-state index contributed by atoms with van der Waals surface area (Å²) in [7, 11) is 0. The third-order valence-corrected chi connectivity index (χ3v) is 8.15. The number of carbonyl (C=O) groups is 3. The molecule has 10 heteroatoms. The molecule has 0 saturated carbocycles. The third-order valence-electron chi connectivity index (χ3n) is 7.83. The van der Waals surface area contributed by atoms with Gasteiger partial charge in [-0.3, -0.25) is 29.4 Å². The molecule has 34 heavy (non-hydrogen) atoms. The van der Waals surface area contributed by atoms with Crippen LogP contribution in [0.3, 0.4) is 0 Å². The molecule has 0 unspecified atom stereocenters. The molecule has 4 heterocycles. The Hall–Kier alpha value is -3.30.